The van der Waals surface area contributed by atoms with Crippen molar-refractivity contribution in [3.05, 3.63) is 24.0 Å². The van der Waals surface area contributed by atoms with Gasteiger partial charge in [-0.1, -0.05) is 13.3 Å². The molecule has 0 unspecified atom stereocenters. The summed E-state index contributed by atoms with van der Waals surface area (Å²) in [7, 11) is 0. The Morgan fingerprint density at radius 2 is 2.23 bits per heavy atom. The van der Waals surface area contributed by atoms with Crippen LogP contribution in [0, 0.1) is 5.82 Å². The fourth-order valence-corrected chi connectivity index (χ4v) is 0.921. The van der Waals surface area contributed by atoms with E-state index in [4.69, 9.17) is 4.74 Å². The van der Waals surface area contributed by atoms with Crippen LogP contribution in [0.2, 0.25) is 0 Å². The Labute approximate surface area is 77.0 Å². The number of hydrogen-bond acceptors (Lipinski definition) is 1. The zero-order valence-electron chi connectivity index (χ0n) is 7.55. The summed E-state index contributed by atoms with van der Waals surface area (Å²) in [6.45, 7) is 2.49. The zero-order chi connectivity index (χ0) is 9.68. The molecular formula is C10H12FO2. The van der Waals surface area contributed by atoms with E-state index in [2.05, 4.69) is 0 Å². The van der Waals surface area contributed by atoms with Gasteiger partial charge in [0.25, 0.3) is 0 Å². The largest absolute Gasteiger partial charge is 0.489 e. The van der Waals surface area contributed by atoms with Gasteiger partial charge in [0.1, 0.15) is 5.82 Å². The topological polar surface area (TPSA) is 29.1 Å². The van der Waals surface area contributed by atoms with Crippen LogP contribution in [0.5, 0.6) is 11.5 Å². The molecule has 0 aromatic heterocycles. The van der Waals surface area contributed by atoms with Crippen molar-refractivity contribution < 1.29 is 14.2 Å². The Balaban J connectivity index is 2.59. The van der Waals surface area contributed by atoms with E-state index in [1.807, 2.05) is 6.92 Å². The zero-order valence-corrected chi connectivity index (χ0v) is 7.55. The molecule has 71 valence electrons. The molecule has 1 rings (SSSR count). The Morgan fingerprint density at radius 3 is 2.92 bits per heavy atom. The summed E-state index contributed by atoms with van der Waals surface area (Å²) in [6, 6.07) is 3.43. The molecule has 0 saturated heterocycles. The number of benzene rings is 1. The lowest BCUT2D eigenvalue weighted by Gasteiger charge is -2.05. The maximum Gasteiger partial charge on any atom is 0.220 e. The van der Waals surface area contributed by atoms with Crippen molar-refractivity contribution in [3.8, 4) is 11.5 Å². The second-order valence-corrected chi connectivity index (χ2v) is 2.79. The molecule has 1 radical (unpaired) electrons. The molecule has 0 aliphatic carbocycles. The summed E-state index contributed by atoms with van der Waals surface area (Å²) in [5.41, 5.74) is 0. The van der Waals surface area contributed by atoms with Gasteiger partial charge < -0.3 is 4.74 Å². The van der Waals surface area contributed by atoms with E-state index in [1.165, 1.54) is 6.07 Å². The van der Waals surface area contributed by atoms with Crippen molar-refractivity contribution in [2.75, 3.05) is 6.61 Å². The monoisotopic (exact) mass is 183 g/mol. The van der Waals surface area contributed by atoms with E-state index in [0.29, 0.717) is 6.61 Å². The van der Waals surface area contributed by atoms with E-state index in [1.54, 1.807) is 0 Å². The number of unbranched alkanes of at least 4 members (excludes halogenated alkanes) is 1. The predicted octanol–water partition coefficient (Wildman–Crippen LogP) is 3.15. The first-order valence-corrected chi connectivity index (χ1v) is 4.33. The normalized spacial score (nSPS) is 10.0. The standard InChI is InChI=1S/C10H12FO2/c1-2-3-6-13-10-7-8(11)4-5-9(10)12/h4-5,7H,2-3,6H2,1H3. The number of ether oxygens (including phenoxy) is 1. The van der Waals surface area contributed by atoms with Crippen molar-refractivity contribution in [1.82, 2.24) is 0 Å². The van der Waals surface area contributed by atoms with Gasteiger partial charge in [0, 0.05) is 6.07 Å². The third-order valence-corrected chi connectivity index (χ3v) is 1.66. The third-order valence-electron chi connectivity index (χ3n) is 1.66. The van der Waals surface area contributed by atoms with Crippen molar-refractivity contribution in [1.29, 1.82) is 0 Å². The van der Waals surface area contributed by atoms with Crippen LogP contribution in [0.3, 0.4) is 0 Å². The van der Waals surface area contributed by atoms with Gasteiger partial charge in [-0.3, -0.25) is 5.11 Å². The minimum atomic E-state index is -0.439. The molecule has 0 fully saturated rings. The molecule has 0 spiro atoms. The van der Waals surface area contributed by atoms with Crippen LogP contribution < -0.4 is 4.74 Å². The first-order valence-electron chi connectivity index (χ1n) is 4.33. The SMILES string of the molecule is CCCCOc1cc(F)ccc1[O]. The lowest BCUT2D eigenvalue weighted by atomic mass is 10.3. The van der Waals surface area contributed by atoms with Gasteiger partial charge in [-0.2, -0.15) is 0 Å². The fourth-order valence-electron chi connectivity index (χ4n) is 0.921. The van der Waals surface area contributed by atoms with Gasteiger partial charge in [-0.05, 0) is 18.6 Å². The minimum absolute atomic E-state index is 0.105. The predicted molar refractivity (Wildman–Crippen MR) is 46.9 cm³/mol. The second kappa shape index (κ2) is 4.70. The summed E-state index contributed by atoms with van der Waals surface area (Å²) in [5.74, 6) is -0.600. The van der Waals surface area contributed by atoms with E-state index in [9.17, 15) is 9.50 Å². The lowest BCUT2D eigenvalue weighted by molar-refractivity contribution is 0.270. The highest BCUT2D eigenvalue weighted by Gasteiger charge is 2.04. The molecular weight excluding hydrogens is 171 g/mol. The van der Waals surface area contributed by atoms with Crippen molar-refractivity contribution >= 4 is 0 Å². The fraction of sp³-hybridized carbons (Fsp3) is 0.400. The molecule has 1 aromatic rings. The average Bonchev–Trinajstić information content (AvgIpc) is 2.11. The third kappa shape index (κ3) is 2.93. The molecule has 3 heteroatoms. The Bertz CT molecular complexity index is 274. The highest BCUT2D eigenvalue weighted by Crippen LogP contribution is 2.26. The Kier molecular flexibility index (Phi) is 3.55. The molecule has 0 heterocycles. The number of halogens is 1. The van der Waals surface area contributed by atoms with Gasteiger partial charge in [0.2, 0.25) is 5.75 Å². The van der Waals surface area contributed by atoms with Crippen LogP contribution in [0.15, 0.2) is 18.2 Å². The molecule has 2 nitrogen and oxygen atoms in total. The molecule has 0 saturated carbocycles. The highest BCUT2D eigenvalue weighted by atomic mass is 19.1. The number of rotatable bonds is 4. The van der Waals surface area contributed by atoms with Crippen LogP contribution >= 0.6 is 0 Å². The molecule has 0 amide bonds. The maximum atomic E-state index is 12.6. The van der Waals surface area contributed by atoms with Crippen LogP contribution in [0.4, 0.5) is 4.39 Å². The van der Waals surface area contributed by atoms with Crippen molar-refractivity contribution in [3.63, 3.8) is 0 Å². The summed E-state index contributed by atoms with van der Waals surface area (Å²) >= 11 is 0. The van der Waals surface area contributed by atoms with E-state index in [0.717, 1.165) is 25.0 Å². The summed E-state index contributed by atoms with van der Waals surface area (Å²) < 4.78 is 17.7. The molecule has 0 atom stereocenters. The minimum Gasteiger partial charge on any atom is -0.489 e. The van der Waals surface area contributed by atoms with Crippen LogP contribution in [-0.4, -0.2) is 6.61 Å². The van der Waals surface area contributed by atoms with Gasteiger partial charge in [0.15, 0.2) is 5.75 Å². The summed E-state index contributed by atoms with van der Waals surface area (Å²) in [5, 5.41) is 11.1. The molecule has 0 N–H and O–H groups in total. The first kappa shape index (κ1) is 9.84. The lowest BCUT2D eigenvalue weighted by Crippen LogP contribution is -1.96. The highest BCUT2D eigenvalue weighted by molar-refractivity contribution is 5.38. The molecule has 0 aliphatic rings. The molecule has 0 bridgehead atoms. The maximum absolute atomic E-state index is 12.6. The first-order chi connectivity index (χ1) is 6.24. The number of hydrogen-bond donors (Lipinski definition) is 0. The van der Waals surface area contributed by atoms with Crippen LogP contribution in [0.25, 0.3) is 0 Å². The van der Waals surface area contributed by atoms with Gasteiger partial charge in [-0.15, -0.1) is 0 Å². The van der Waals surface area contributed by atoms with Crippen molar-refractivity contribution in [2.24, 2.45) is 0 Å². The van der Waals surface area contributed by atoms with E-state index < -0.39 is 5.82 Å². The van der Waals surface area contributed by atoms with Crippen LogP contribution in [-0.2, 0) is 5.11 Å². The molecule has 0 aliphatic heterocycles. The summed E-state index contributed by atoms with van der Waals surface area (Å²) in [4.78, 5) is 0. The van der Waals surface area contributed by atoms with Crippen LogP contribution in [0.1, 0.15) is 19.8 Å². The van der Waals surface area contributed by atoms with E-state index >= 15 is 0 Å². The Hall–Kier alpha value is -1.25. The average molecular weight is 183 g/mol. The molecule has 13 heavy (non-hydrogen) atoms. The van der Waals surface area contributed by atoms with Crippen molar-refractivity contribution in [2.45, 2.75) is 19.8 Å². The van der Waals surface area contributed by atoms with Gasteiger partial charge in [0.05, 0.1) is 6.61 Å². The van der Waals surface area contributed by atoms with Gasteiger partial charge in [-0.25, -0.2) is 4.39 Å². The summed E-state index contributed by atoms with van der Waals surface area (Å²) in [6.07, 6.45) is 1.86. The molecule has 1 aromatic carbocycles. The smallest absolute Gasteiger partial charge is 0.220 e. The quantitative estimate of drug-likeness (QED) is 0.659. The van der Waals surface area contributed by atoms with E-state index in [-0.39, 0.29) is 11.5 Å². The Morgan fingerprint density at radius 1 is 1.46 bits per heavy atom. The van der Waals surface area contributed by atoms with Gasteiger partial charge >= 0.3 is 0 Å². The second-order valence-electron chi connectivity index (χ2n) is 2.79.